The summed E-state index contributed by atoms with van der Waals surface area (Å²) in [6.07, 6.45) is 2.79. The molecule has 0 fully saturated rings. The Bertz CT molecular complexity index is 1760. The van der Waals surface area contributed by atoms with Crippen molar-refractivity contribution in [2.45, 2.75) is 71.1 Å². The predicted octanol–water partition coefficient (Wildman–Crippen LogP) is 2.82. The second kappa shape index (κ2) is 17.7. The summed E-state index contributed by atoms with van der Waals surface area (Å²) in [5.41, 5.74) is 13.6. The van der Waals surface area contributed by atoms with Gasteiger partial charge in [-0.05, 0) is 35.6 Å². The molecule has 1 heterocycles. The van der Waals surface area contributed by atoms with Crippen LogP contribution in [0, 0.1) is 5.41 Å². The number of hydrogen-bond donors (Lipinski definition) is 7. The quantitative estimate of drug-likeness (QED) is 0.0540. The first-order chi connectivity index (χ1) is 23.9. The highest BCUT2D eigenvalue weighted by Crippen LogP contribution is 2.20. The molecule has 0 aliphatic heterocycles. The van der Waals surface area contributed by atoms with E-state index < -0.39 is 35.4 Å². The molecule has 0 aliphatic rings. The molecule has 0 aliphatic carbocycles. The Labute approximate surface area is 292 Å². The number of amides is 4. The molecule has 50 heavy (non-hydrogen) atoms. The van der Waals surface area contributed by atoms with E-state index in [0.29, 0.717) is 6.42 Å². The van der Waals surface area contributed by atoms with Crippen molar-refractivity contribution < 1.29 is 19.2 Å². The molecule has 264 valence electrons. The zero-order valence-electron chi connectivity index (χ0n) is 28.9. The largest absolute Gasteiger partial charge is 0.370 e. The molecule has 0 bridgehead atoms. The Morgan fingerprint density at radius 3 is 1.94 bits per heavy atom. The van der Waals surface area contributed by atoms with Gasteiger partial charge in [0.25, 0.3) is 0 Å². The first kappa shape index (κ1) is 37.2. The summed E-state index contributed by atoms with van der Waals surface area (Å²) in [5, 5.41) is 12.5. The molecule has 4 rings (SSSR count). The molecule has 12 heteroatoms. The van der Waals surface area contributed by atoms with Gasteiger partial charge >= 0.3 is 0 Å². The minimum Gasteiger partial charge on any atom is -0.370 e. The van der Waals surface area contributed by atoms with Gasteiger partial charge in [-0.15, -0.1) is 0 Å². The Hall–Kier alpha value is -5.65. The van der Waals surface area contributed by atoms with E-state index in [2.05, 4.69) is 31.2 Å². The van der Waals surface area contributed by atoms with Gasteiger partial charge in [-0.3, -0.25) is 24.2 Å². The summed E-state index contributed by atoms with van der Waals surface area (Å²) < 4.78 is 0. The normalized spacial score (nSPS) is 13.0. The highest BCUT2D eigenvalue weighted by molar-refractivity contribution is 5.95. The van der Waals surface area contributed by atoms with Gasteiger partial charge in [0.15, 0.2) is 5.96 Å². The SMILES string of the molecule is CC(C)(C)C(=O)N[C@@H](CCCN=C(N)N)C(=O)N[C@@H](Cc1c[nH]c2ccccc12)C(=O)N[C@@H](Cc1ccccc1)C(=O)NCc1ccccc1. The number of aliphatic imine (C=N–C) groups is 1. The highest BCUT2D eigenvalue weighted by Gasteiger charge is 2.32. The molecule has 4 amide bonds. The number of para-hydroxylation sites is 1. The third kappa shape index (κ3) is 11.2. The van der Waals surface area contributed by atoms with Crippen LogP contribution < -0.4 is 32.7 Å². The van der Waals surface area contributed by atoms with Gasteiger partial charge in [0, 0.05) is 48.4 Å². The van der Waals surface area contributed by atoms with Crippen molar-refractivity contribution in [1.29, 1.82) is 0 Å². The van der Waals surface area contributed by atoms with Crippen LogP contribution in [0.15, 0.2) is 96.1 Å². The fourth-order valence-corrected chi connectivity index (χ4v) is 5.39. The molecule has 0 saturated carbocycles. The van der Waals surface area contributed by atoms with E-state index in [1.54, 1.807) is 27.0 Å². The third-order valence-electron chi connectivity index (χ3n) is 8.21. The van der Waals surface area contributed by atoms with Crippen molar-refractivity contribution in [3.63, 3.8) is 0 Å². The van der Waals surface area contributed by atoms with Crippen molar-refractivity contribution in [2.75, 3.05) is 6.54 Å². The first-order valence-corrected chi connectivity index (χ1v) is 16.8. The van der Waals surface area contributed by atoms with Gasteiger partial charge in [0.05, 0.1) is 0 Å². The lowest BCUT2D eigenvalue weighted by Crippen LogP contribution is -2.58. The van der Waals surface area contributed by atoms with Crippen LogP contribution in [-0.4, -0.2) is 59.2 Å². The summed E-state index contributed by atoms with van der Waals surface area (Å²) in [4.78, 5) is 62.0. The lowest BCUT2D eigenvalue weighted by atomic mass is 9.94. The van der Waals surface area contributed by atoms with Gasteiger partial charge in [-0.25, -0.2) is 0 Å². The van der Waals surface area contributed by atoms with E-state index in [0.717, 1.165) is 27.6 Å². The fraction of sp³-hybridized carbons (Fsp3) is 0.342. The van der Waals surface area contributed by atoms with Crippen LogP contribution in [0.1, 0.15) is 50.3 Å². The van der Waals surface area contributed by atoms with Crippen molar-refractivity contribution in [2.24, 2.45) is 21.9 Å². The maximum absolute atomic E-state index is 14.2. The molecule has 1 aromatic heterocycles. The molecule has 3 aromatic carbocycles. The molecule has 0 unspecified atom stereocenters. The number of aromatic nitrogens is 1. The Morgan fingerprint density at radius 2 is 1.30 bits per heavy atom. The van der Waals surface area contributed by atoms with Gasteiger partial charge in [-0.1, -0.05) is 99.6 Å². The number of aromatic amines is 1. The van der Waals surface area contributed by atoms with Gasteiger partial charge in [0.2, 0.25) is 23.6 Å². The van der Waals surface area contributed by atoms with Crippen LogP contribution in [0.25, 0.3) is 10.9 Å². The second-order valence-corrected chi connectivity index (χ2v) is 13.3. The van der Waals surface area contributed by atoms with Crippen molar-refractivity contribution in [3.8, 4) is 0 Å². The maximum Gasteiger partial charge on any atom is 0.243 e. The number of benzene rings is 3. The molecule has 0 spiro atoms. The number of rotatable bonds is 16. The van der Waals surface area contributed by atoms with E-state index >= 15 is 0 Å². The van der Waals surface area contributed by atoms with E-state index in [4.69, 9.17) is 11.5 Å². The van der Waals surface area contributed by atoms with Crippen molar-refractivity contribution >= 4 is 40.5 Å². The summed E-state index contributed by atoms with van der Waals surface area (Å²) in [5.74, 6) is -1.84. The number of carbonyl (C=O) groups is 4. The Kier molecular flexibility index (Phi) is 13.1. The zero-order chi connectivity index (χ0) is 36.1. The van der Waals surface area contributed by atoms with Crippen LogP contribution >= 0.6 is 0 Å². The lowest BCUT2D eigenvalue weighted by Gasteiger charge is -2.27. The fourth-order valence-electron chi connectivity index (χ4n) is 5.39. The number of guanidine groups is 1. The zero-order valence-corrected chi connectivity index (χ0v) is 28.9. The first-order valence-electron chi connectivity index (χ1n) is 16.8. The number of carbonyl (C=O) groups excluding carboxylic acids is 4. The van der Waals surface area contributed by atoms with Crippen LogP contribution in [0.4, 0.5) is 0 Å². The molecule has 4 aromatic rings. The molecule has 3 atom stereocenters. The van der Waals surface area contributed by atoms with Crippen molar-refractivity contribution in [1.82, 2.24) is 26.3 Å². The topological polar surface area (TPSA) is 197 Å². The van der Waals surface area contributed by atoms with E-state index in [1.165, 1.54) is 0 Å². The van der Waals surface area contributed by atoms with Crippen LogP contribution in [0.3, 0.4) is 0 Å². The average Bonchev–Trinajstić information content (AvgIpc) is 3.50. The maximum atomic E-state index is 14.2. The van der Waals surface area contributed by atoms with E-state index in [-0.39, 0.29) is 50.1 Å². The predicted molar refractivity (Wildman–Crippen MR) is 196 cm³/mol. The number of fused-ring (bicyclic) bond motifs is 1. The molecule has 12 nitrogen and oxygen atoms in total. The van der Waals surface area contributed by atoms with Crippen molar-refractivity contribution in [3.05, 3.63) is 108 Å². The van der Waals surface area contributed by atoms with Crippen LogP contribution in [-0.2, 0) is 38.6 Å². The Morgan fingerprint density at radius 1 is 0.720 bits per heavy atom. The molecule has 9 N–H and O–H groups in total. The minimum atomic E-state index is -1.09. The number of nitrogens with one attached hydrogen (secondary N) is 5. The Balaban J connectivity index is 1.60. The van der Waals surface area contributed by atoms with Crippen LogP contribution in [0.2, 0.25) is 0 Å². The van der Waals surface area contributed by atoms with E-state index in [1.807, 2.05) is 84.9 Å². The molecule has 0 radical (unpaired) electrons. The summed E-state index contributed by atoms with van der Waals surface area (Å²) in [6, 6.07) is 23.6. The van der Waals surface area contributed by atoms with Gasteiger partial charge < -0.3 is 37.7 Å². The third-order valence-corrected chi connectivity index (χ3v) is 8.21. The monoisotopic (exact) mass is 680 g/mol. The summed E-state index contributed by atoms with van der Waals surface area (Å²) >= 11 is 0. The molecular weight excluding hydrogens is 632 g/mol. The van der Waals surface area contributed by atoms with Gasteiger partial charge in [0.1, 0.15) is 18.1 Å². The molecule has 0 saturated heterocycles. The van der Waals surface area contributed by atoms with Crippen LogP contribution in [0.5, 0.6) is 0 Å². The summed E-state index contributed by atoms with van der Waals surface area (Å²) in [6.45, 7) is 5.79. The van der Waals surface area contributed by atoms with Gasteiger partial charge in [-0.2, -0.15) is 0 Å². The average molecular weight is 681 g/mol. The highest BCUT2D eigenvalue weighted by atomic mass is 16.2. The number of nitrogens with two attached hydrogens (primary N) is 2. The van der Waals surface area contributed by atoms with E-state index in [9.17, 15) is 19.2 Å². The molecular formula is C38H48N8O4. The second-order valence-electron chi connectivity index (χ2n) is 13.3. The lowest BCUT2D eigenvalue weighted by molar-refractivity contribution is -0.135. The number of nitrogens with zero attached hydrogens (tertiary/aromatic N) is 1. The smallest absolute Gasteiger partial charge is 0.243 e. The standard InChI is InChI=1S/C38H48N8O4/c1-38(2,3)36(50)46-30(19-12-20-41-37(39)40)34(48)45-32(22-27-24-42-29-18-11-10-17-28(27)29)35(49)44-31(21-25-13-6-4-7-14-25)33(47)43-23-26-15-8-5-9-16-26/h4-11,13-18,24,30-32,42H,12,19-23H2,1-3H3,(H,43,47)(H,44,49)(H,45,48)(H,46,50)(H4,39,40,41)/t30-,31-,32-/m0/s1. The number of hydrogen-bond acceptors (Lipinski definition) is 5. The minimum absolute atomic E-state index is 0.0712. The number of H-pyrrole nitrogens is 1. The summed E-state index contributed by atoms with van der Waals surface area (Å²) in [7, 11) is 0.